The van der Waals surface area contributed by atoms with Crippen molar-refractivity contribution < 1.29 is 27.1 Å². The first kappa shape index (κ1) is 19.3. The third-order valence-corrected chi connectivity index (χ3v) is 6.26. The van der Waals surface area contributed by atoms with E-state index in [4.69, 9.17) is 9.47 Å². The molecule has 2 aromatic rings. The van der Waals surface area contributed by atoms with Gasteiger partial charge in [-0.15, -0.1) is 0 Å². The molecule has 2 aromatic carbocycles. The Morgan fingerprint density at radius 3 is 2.56 bits per heavy atom. The van der Waals surface area contributed by atoms with E-state index < -0.39 is 21.8 Å². The Hall–Kier alpha value is -2.45. The van der Waals surface area contributed by atoms with Crippen LogP contribution >= 0.6 is 0 Å². The van der Waals surface area contributed by atoms with Gasteiger partial charge in [0.1, 0.15) is 23.1 Å². The van der Waals surface area contributed by atoms with Crippen molar-refractivity contribution in [1.29, 1.82) is 0 Å². The number of hydrogen-bond acceptors (Lipinski definition) is 5. The van der Waals surface area contributed by atoms with E-state index in [9.17, 15) is 17.6 Å². The Labute approximate surface area is 157 Å². The molecule has 1 heterocycles. The number of methoxy groups -OCH3 is 1. The van der Waals surface area contributed by atoms with E-state index in [1.165, 1.54) is 47.8 Å². The van der Waals surface area contributed by atoms with Gasteiger partial charge in [-0.1, -0.05) is 12.1 Å². The molecule has 0 aromatic heterocycles. The first-order valence-corrected chi connectivity index (χ1v) is 9.95. The largest absolute Gasteiger partial charge is 0.495 e. The van der Waals surface area contributed by atoms with Gasteiger partial charge in [0.15, 0.2) is 0 Å². The summed E-state index contributed by atoms with van der Waals surface area (Å²) in [5.74, 6) is -0.949. The van der Waals surface area contributed by atoms with Crippen molar-refractivity contribution in [3.63, 3.8) is 0 Å². The molecule has 1 saturated heterocycles. The predicted octanol–water partition coefficient (Wildman–Crippen LogP) is 2.98. The van der Waals surface area contributed by atoms with Gasteiger partial charge in [-0.05, 0) is 48.7 Å². The van der Waals surface area contributed by atoms with Gasteiger partial charge < -0.3 is 9.47 Å². The van der Waals surface area contributed by atoms with Crippen LogP contribution in [0.2, 0.25) is 0 Å². The van der Waals surface area contributed by atoms with Crippen LogP contribution in [0.25, 0.3) is 0 Å². The molecule has 0 amide bonds. The number of benzene rings is 2. The van der Waals surface area contributed by atoms with Gasteiger partial charge in [0, 0.05) is 13.1 Å². The van der Waals surface area contributed by atoms with E-state index in [0.29, 0.717) is 18.7 Å². The maximum absolute atomic E-state index is 13.2. The molecule has 1 aliphatic heterocycles. The second-order valence-electron chi connectivity index (χ2n) is 6.18. The van der Waals surface area contributed by atoms with Crippen molar-refractivity contribution in [1.82, 2.24) is 4.31 Å². The molecular formula is C19H20FNO5S. The monoisotopic (exact) mass is 393 g/mol. The maximum Gasteiger partial charge on any atom is 0.338 e. The van der Waals surface area contributed by atoms with Crippen LogP contribution in [-0.4, -0.2) is 38.9 Å². The lowest BCUT2D eigenvalue weighted by Crippen LogP contribution is -2.28. The highest BCUT2D eigenvalue weighted by atomic mass is 32.2. The van der Waals surface area contributed by atoms with Crippen LogP contribution in [-0.2, 0) is 21.4 Å². The molecule has 0 radical (unpaired) electrons. The third kappa shape index (κ3) is 4.28. The summed E-state index contributed by atoms with van der Waals surface area (Å²) in [5, 5.41) is 0. The van der Waals surface area contributed by atoms with Crippen molar-refractivity contribution in [3.05, 3.63) is 59.4 Å². The predicted molar refractivity (Wildman–Crippen MR) is 96.5 cm³/mol. The normalized spacial score (nSPS) is 14.9. The summed E-state index contributed by atoms with van der Waals surface area (Å²) in [5.41, 5.74) is 0.590. The van der Waals surface area contributed by atoms with E-state index in [2.05, 4.69) is 0 Å². The van der Waals surface area contributed by atoms with E-state index in [0.717, 1.165) is 12.8 Å². The highest BCUT2D eigenvalue weighted by Gasteiger charge is 2.30. The fraction of sp³-hybridized carbons (Fsp3) is 0.316. The first-order valence-electron chi connectivity index (χ1n) is 8.51. The van der Waals surface area contributed by atoms with E-state index in [1.807, 2.05) is 0 Å². The van der Waals surface area contributed by atoms with E-state index in [1.54, 1.807) is 6.07 Å². The summed E-state index contributed by atoms with van der Waals surface area (Å²) in [4.78, 5) is 12.3. The molecule has 6 nitrogen and oxygen atoms in total. The summed E-state index contributed by atoms with van der Waals surface area (Å²) in [6.07, 6.45) is 1.60. The molecule has 0 aliphatic carbocycles. The minimum Gasteiger partial charge on any atom is -0.495 e. The molecule has 1 fully saturated rings. The van der Waals surface area contributed by atoms with Gasteiger partial charge in [0.05, 0.1) is 12.7 Å². The van der Waals surface area contributed by atoms with Crippen molar-refractivity contribution in [2.45, 2.75) is 24.3 Å². The number of carbonyl (C=O) groups is 1. The highest BCUT2D eigenvalue weighted by molar-refractivity contribution is 7.89. The quantitative estimate of drug-likeness (QED) is 0.706. The van der Waals surface area contributed by atoms with Crippen molar-refractivity contribution in [2.24, 2.45) is 0 Å². The number of carbonyl (C=O) groups excluding carboxylic acids is 1. The highest BCUT2D eigenvalue weighted by Crippen LogP contribution is 2.30. The summed E-state index contributed by atoms with van der Waals surface area (Å²) >= 11 is 0. The number of hydrogen-bond donors (Lipinski definition) is 0. The number of sulfonamides is 1. The SMILES string of the molecule is COc1ccc(C(=O)OCc2cccc(F)c2)cc1S(=O)(=O)N1CCCC1. The first-order chi connectivity index (χ1) is 12.9. The minimum absolute atomic E-state index is 0.0629. The average Bonchev–Trinajstić information content (AvgIpc) is 3.21. The van der Waals surface area contributed by atoms with Crippen LogP contribution in [0.3, 0.4) is 0 Å². The second-order valence-corrected chi connectivity index (χ2v) is 8.09. The van der Waals surface area contributed by atoms with Crippen LogP contribution in [0.5, 0.6) is 5.75 Å². The second kappa shape index (κ2) is 8.06. The molecule has 27 heavy (non-hydrogen) atoms. The van der Waals surface area contributed by atoms with Gasteiger partial charge >= 0.3 is 5.97 Å². The molecule has 8 heteroatoms. The van der Waals surface area contributed by atoms with Gasteiger partial charge in [-0.2, -0.15) is 4.31 Å². The maximum atomic E-state index is 13.2. The standard InChI is InChI=1S/C19H20FNO5S/c1-25-17-8-7-15(12-18(17)27(23,24)21-9-2-3-10-21)19(22)26-13-14-5-4-6-16(20)11-14/h4-8,11-12H,2-3,9-10,13H2,1H3. The van der Waals surface area contributed by atoms with Crippen LogP contribution in [0.15, 0.2) is 47.4 Å². The molecule has 0 spiro atoms. The average molecular weight is 393 g/mol. The molecule has 0 N–H and O–H groups in total. The Balaban J connectivity index is 1.82. The lowest BCUT2D eigenvalue weighted by atomic mass is 10.2. The Morgan fingerprint density at radius 1 is 1.15 bits per heavy atom. The minimum atomic E-state index is -3.76. The Morgan fingerprint density at radius 2 is 1.89 bits per heavy atom. The summed E-state index contributed by atoms with van der Waals surface area (Å²) in [6, 6.07) is 9.85. The van der Waals surface area contributed by atoms with Crippen LogP contribution in [0, 0.1) is 5.82 Å². The van der Waals surface area contributed by atoms with Gasteiger partial charge in [-0.25, -0.2) is 17.6 Å². The fourth-order valence-electron chi connectivity index (χ4n) is 2.93. The number of ether oxygens (including phenoxy) is 2. The van der Waals surface area contributed by atoms with Crippen molar-refractivity contribution >= 4 is 16.0 Å². The molecular weight excluding hydrogens is 373 g/mol. The zero-order valence-electron chi connectivity index (χ0n) is 14.9. The number of rotatable bonds is 6. The van der Waals surface area contributed by atoms with Crippen molar-refractivity contribution in [2.75, 3.05) is 20.2 Å². The smallest absolute Gasteiger partial charge is 0.338 e. The van der Waals surface area contributed by atoms with E-state index >= 15 is 0 Å². The van der Waals surface area contributed by atoms with Crippen molar-refractivity contribution in [3.8, 4) is 5.75 Å². The fourth-order valence-corrected chi connectivity index (χ4v) is 4.63. The third-order valence-electron chi connectivity index (χ3n) is 4.34. The molecule has 1 aliphatic rings. The summed E-state index contributed by atoms with van der Waals surface area (Å²) in [7, 11) is -2.38. The van der Waals surface area contributed by atoms with Gasteiger partial charge in [-0.3, -0.25) is 0 Å². The molecule has 0 unspecified atom stereocenters. The van der Waals surface area contributed by atoms with Gasteiger partial charge in [0.2, 0.25) is 10.0 Å². The van der Waals surface area contributed by atoms with Crippen LogP contribution < -0.4 is 4.74 Å². The zero-order chi connectivity index (χ0) is 19.4. The number of nitrogens with zero attached hydrogens (tertiary/aromatic N) is 1. The molecule has 144 valence electrons. The van der Waals surface area contributed by atoms with E-state index in [-0.39, 0.29) is 22.8 Å². The van der Waals surface area contributed by atoms with Crippen LogP contribution in [0.1, 0.15) is 28.8 Å². The zero-order valence-corrected chi connectivity index (χ0v) is 15.7. The van der Waals surface area contributed by atoms with Crippen LogP contribution in [0.4, 0.5) is 4.39 Å². The summed E-state index contributed by atoms with van der Waals surface area (Å²) < 4.78 is 50.7. The number of esters is 1. The Bertz CT molecular complexity index is 939. The summed E-state index contributed by atoms with van der Waals surface area (Å²) in [6.45, 7) is 0.774. The molecule has 0 saturated carbocycles. The topological polar surface area (TPSA) is 72.9 Å². The lowest BCUT2D eigenvalue weighted by molar-refractivity contribution is 0.0472. The molecule has 3 rings (SSSR count). The number of halogens is 1. The molecule has 0 atom stereocenters. The Kier molecular flexibility index (Phi) is 5.76. The van der Waals surface area contributed by atoms with Gasteiger partial charge in [0.25, 0.3) is 0 Å². The lowest BCUT2D eigenvalue weighted by Gasteiger charge is -2.18. The molecule has 0 bridgehead atoms.